The molecule has 0 bridgehead atoms. The first-order chi connectivity index (χ1) is 26.7. The molecule has 284 valence electrons. The van der Waals surface area contributed by atoms with Crippen molar-refractivity contribution in [1.82, 2.24) is 34.9 Å². The fourth-order valence-corrected chi connectivity index (χ4v) is 7.91. The number of aryl methyl sites for hydroxylation is 3. The lowest BCUT2D eigenvalue weighted by Gasteiger charge is -2.34. The Hall–Kier alpha value is -5.95. The molecule has 1 fully saturated rings. The molecule has 2 amide bonds. The Morgan fingerprint density at radius 1 is 0.964 bits per heavy atom. The molecule has 8 rings (SSSR count). The largest absolute Gasteiger partial charge is 0.495 e. The summed E-state index contributed by atoms with van der Waals surface area (Å²) in [6.45, 7) is 8.19. The van der Waals surface area contributed by atoms with Crippen LogP contribution in [0.1, 0.15) is 51.9 Å². The Bertz CT molecular complexity index is 2260. The molecule has 0 unspecified atom stereocenters. The third-order valence-corrected chi connectivity index (χ3v) is 11.1. The number of nitrogens with zero attached hydrogens (tertiary/aromatic N) is 7. The lowest BCUT2D eigenvalue weighted by atomic mass is 9.91. The van der Waals surface area contributed by atoms with Crippen LogP contribution in [-0.4, -0.2) is 81.3 Å². The summed E-state index contributed by atoms with van der Waals surface area (Å²) in [7, 11) is 3.53. The Morgan fingerprint density at radius 2 is 1.78 bits per heavy atom. The van der Waals surface area contributed by atoms with Gasteiger partial charge in [-0.1, -0.05) is 30.3 Å². The lowest BCUT2D eigenvalue weighted by molar-refractivity contribution is -0.133. The number of carbonyl (C=O) groups excluding carboxylic acids is 2. The summed E-state index contributed by atoms with van der Waals surface area (Å²) in [5.74, 6) is 2.40. The third kappa shape index (κ3) is 7.57. The van der Waals surface area contributed by atoms with Crippen molar-refractivity contribution < 1.29 is 14.3 Å². The van der Waals surface area contributed by atoms with Crippen molar-refractivity contribution in [3.05, 3.63) is 101 Å². The smallest absolute Gasteiger partial charge is 0.253 e. The molecule has 0 radical (unpaired) electrons. The topological polar surface area (TPSA) is 133 Å². The zero-order valence-electron chi connectivity index (χ0n) is 31.9. The van der Waals surface area contributed by atoms with Gasteiger partial charge < -0.3 is 30.1 Å². The molecule has 3 N–H and O–H groups in total. The fraction of sp³-hybridized carbons (Fsp3) is 0.357. The second-order valence-electron chi connectivity index (χ2n) is 14.8. The summed E-state index contributed by atoms with van der Waals surface area (Å²) >= 11 is 0. The molecule has 3 aromatic carbocycles. The number of benzene rings is 3. The van der Waals surface area contributed by atoms with Gasteiger partial charge in [0.2, 0.25) is 11.9 Å². The molecule has 2 aromatic heterocycles. The van der Waals surface area contributed by atoms with E-state index in [1.165, 1.54) is 5.56 Å². The maximum atomic E-state index is 13.5. The molecule has 55 heavy (non-hydrogen) atoms. The zero-order chi connectivity index (χ0) is 38.1. The van der Waals surface area contributed by atoms with Crippen molar-refractivity contribution in [3.63, 3.8) is 0 Å². The molecular weight excluding hydrogens is 693 g/mol. The van der Waals surface area contributed by atoms with Gasteiger partial charge >= 0.3 is 0 Å². The van der Waals surface area contributed by atoms with Crippen molar-refractivity contribution in [1.29, 1.82) is 0 Å². The van der Waals surface area contributed by atoms with Crippen LogP contribution in [0, 0.1) is 19.8 Å². The van der Waals surface area contributed by atoms with Crippen molar-refractivity contribution in [2.24, 2.45) is 13.0 Å². The van der Waals surface area contributed by atoms with Gasteiger partial charge in [0.1, 0.15) is 5.75 Å². The van der Waals surface area contributed by atoms with E-state index >= 15 is 0 Å². The molecule has 13 heteroatoms. The summed E-state index contributed by atoms with van der Waals surface area (Å²) in [6, 6.07) is 18.1. The first-order valence-electron chi connectivity index (χ1n) is 19.0. The molecule has 5 aromatic rings. The summed E-state index contributed by atoms with van der Waals surface area (Å²) in [5, 5.41) is 15.7. The third-order valence-electron chi connectivity index (χ3n) is 11.1. The summed E-state index contributed by atoms with van der Waals surface area (Å²) in [4.78, 5) is 42.4. The van der Waals surface area contributed by atoms with Gasteiger partial charge in [-0.3, -0.25) is 14.9 Å². The number of likely N-dealkylation sites (tertiary alicyclic amines) is 1. The van der Waals surface area contributed by atoms with Gasteiger partial charge in [-0.25, -0.2) is 9.67 Å². The van der Waals surface area contributed by atoms with Gasteiger partial charge in [0, 0.05) is 75.5 Å². The number of nitrogens with one attached hydrogen (secondary N) is 3. The number of anilines is 5. The van der Waals surface area contributed by atoms with Crippen LogP contribution in [-0.2, 0) is 24.8 Å². The first kappa shape index (κ1) is 36.0. The van der Waals surface area contributed by atoms with Gasteiger partial charge in [-0.05, 0) is 91.6 Å². The van der Waals surface area contributed by atoms with Gasteiger partial charge in [0.25, 0.3) is 5.91 Å². The predicted octanol–water partition coefficient (Wildman–Crippen LogP) is 6.18. The van der Waals surface area contributed by atoms with Crippen molar-refractivity contribution in [2.45, 2.75) is 46.1 Å². The van der Waals surface area contributed by atoms with E-state index in [0.717, 1.165) is 82.2 Å². The average Bonchev–Trinajstić information content (AvgIpc) is 3.52. The minimum absolute atomic E-state index is 0.0172. The van der Waals surface area contributed by atoms with Crippen molar-refractivity contribution in [3.8, 4) is 5.75 Å². The Kier molecular flexibility index (Phi) is 10.1. The highest BCUT2D eigenvalue weighted by Gasteiger charge is 2.29. The van der Waals surface area contributed by atoms with Crippen LogP contribution >= 0.6 is 0 Å². The van der Waals surface area contributed by atoms with E-state index in [1.807, 2.05) is 64.4 Å². The Balaban J connectivity index is 0.849. The number of amides is 2. The SMILES string of the molecule is COc1ccc(C(=O)N2CCC(CC(=O)N3CCc4cc(Nc5ncc6c(Nc7c(C)cccc7C)nn(C)c6n5)ccc4C3)CC2)cc1N1C=CCNC1. The normalized spacial score (nSPS) is 16.0. The Morgan fingerprint density at radius 3 is 2.55 bits per heavy atom. The van der Waals surface area contributed by atoms with Crippen molar-refractivity contribution in [2.75, 3.05) is 55.5 Å². The zero-order valence-corrected chi connectivity index (χ0v) is 31.9. The molecule has 5 heterocycles. The quantitative estimate of drug-likeness (QED) is 0.161. The van der Waals surface area contributed by atoms with Crippen LogP contribution in [0.2, 0.25) is 0 Å². The number of fused-ring (bicyclic) bond motifs is 2. The van der Waals surface area contributed by atoms with Crippen LogP contribution in [0.25, 0.3) is 11.0 Å². The molecule has 1 saturated heterocycles. The van der Waals surface area contributed by atoms with E-state index in [4.69, 9.17) is 14.8 Å². The summed E-state index contributed by atoms with van der Waals surface area (Å²) in [6.07, 6.45) is 8.79. The number of aromatic nitrogens is 4. The highest BCUT2D eigenvalue weighted by molar-refractivity contribution is 5.96. The highest BCUT2D eigenvalue weighted by Crippen LogP contribution is 2.33. The number of methoxy groups -OCH3 is 1. The van der Waals surface area contributed by atoms with E-state index in [0.29, 0.717) is 50.8 Å². The monoisotopic (exact) mass is 740 g/mol. The summed E-state index contributed by atoms with van der Waals surface area (Å²) in [5.41, 5.74) is 8.85. The second-order valence-corrected chi connectivity index (χ2v) is 14.8. The maximum Gasteiger partial charge on any atom is 0.253 e. The maximum absolute atomic E-state index is 13.5. The van der Waals surface area contributed by atoms with Crippen LogP contribution in [0.4, 0.5) is 28.8 Å². The number of hydrogen-bond donors (Lipinski definition) is 3. The average molecular weight is 741 g/mol. The number of carbonyl (C=O) groups is 2. The standard InChI is InChI=1S/C42H48N10O3/c1-27-7-5-8-28(2)38(27)46-39-34-24-44-42(47-40(34)49(3)48-39)45-33-11-9-32-25-51(20-15-30(32)22-33)37(53)21-29-13-18-50(19-14-29)41(54)31-10-12-36(55-4)35(23-31)52-17-6-16-43-26-52/h5-12,17,22-24,29,43H,13-16,18-21,25-26H2,1-4H3,(H,46,48)(H,44,45,47). The van der Waals surface area contributed by atoms with E-state index in [2.05, 4.69) is 59.0 Å². The van der Waals surface area contributed by atoms with E-state index in [1.54, 1.807) is 18.0 Å². The summed E-state index contributed by atoms with van der Waals surface area (Å²) < 4.78 is 7.35. The molecule has 3 aliphatic heterocycles. The molecule has 0 spiro atoms. The highest BCUT2D eigenvalue weighted by atomic mass is 16.5. The molecule has 0 aliphatic carbocycles. The number of piperidine rings is 1. The predicted molar refractivity (Wildman–Crippen MR) is 215 cm³/mol. The molecule has 13 nitrogen and oxygen atoms in total. The molecule has 0 saturated carbocycles. The van der Waals surface area contributed by atoms with Crippen LogP contribution in [0.15, 0.2) is 73.1 Å². The molecule has 0 atom stereocenters. The van der Waals surface area contributed by atoms with Gasteiger partial charge in [0.15, 0.2) is 11.5 Å². The first-order valence-corrected chi connectivity index (χ1v) is 19.0. The van der Waals surface area contributed by atoms with E-state index in [-0.39, 0.29) is 17.7 Å². The van der Waals surface area contributed by atoms with Crippen molar-refractivity contribution >= 4 is 51.7 Å². The van der Waals surface area contributed by atoms with E-state index in [9.17, 15) is 9.59 Å². The number of rotatable bonds is 9. The van der Waals surface area contributed by atoms with Crippen LogP contribution < -0.4 is 25.6 Å². The van der Waals surface area contributed by atoms with Gasteiger partial charge in [-0.15, -0.1) is 0 Å². The Labute approximate surface area is 321 Å². The number of hydrogen-bond acceptors (Lipinski definition) is 10. The lowest BCUT2D eigenvalue weighted by Crippen LogP contribution is -2.41. The number of ether oxygens (including phenoxy) is 1. The fourth-order valence-electron chi connectivity index (χ4n) is 7.91. The second kappa shape index (κ2) is 15.4. The van der Waals surface area contributed by atoms with Gasteiger partial charge in [-0.2, -0.15) is 10.1 Å². The number of para-hydroxylation sites is 1. The molecular formula is C42H48N10O3. The minimum Gasteiger partial charge on any atom is -0.495 e. The van der Waals surface area contributed by atoms with Crippen LogP contribution in [0.3, 0.4) is 0 Å². The molecule has 3 aliphatic rings. The van der Waals surface area contributed by atoms with Gasteiger partial charge in [0.05, 0.1) is 24.9 Å². The van der Waals surface area contributed by atoms with E-state index < -0.39 is 0 Å². The minimum atomic E-state index is 0.0172. The van der Waals surface area contributed by atoms with Crippen LogP contribution in [0.5, 0.6) is 5.75 Å².